The van der Waals surface area contributed by atoms with Crippen molar-refractivity contribution in [2.45, 2.75) is 37.8 Å². The molecule has 1 aliphatic heterocycles. The van der Waals surface area contributed by atoms with E-state index in [1.54, 1.807) is 0 Å². The van der Waals surface area contributed by atoms with E-state index in [2.05, 4.69) is 5.32 Å². The number of aryl methyl sites for hydroxylation is 2. The molecule has 0 aromatic heterocycles. The number of amides is 2. The fourth-order valence-corrected chi connectivity index (χ4v) is 3.12. The molecule has 2 amide bonds. The molecule has 1 fully saturated rings. The Bertz CT molecular complexity index is 587. The standard InChI is InChI=1S/C15H18N2O4/c18-12-7-13(14(19)20)17(8-12)15(21)16-11-5-4-9-2-1-3-10(9)6-11/h4-6,12-13,18H,1-3,7-8H2,(H,16,21)(H,19,20)/t12?,13-/m0/s1. The molecule has 1 aromatic carbocycles. The first-order chi connectivity index (χ1) is 10.0. The highest BCUT2D eigenvalue weighted by Crippen LogP contribution is 2.26. The number of likely N-dealkylation sites (tertiary alicyclic amines) is 1. The monoisotopic (exact) mass is 290 g/mol. The lowest BCUT2D eigenvalue weighted by atomic mass is 10.1. The average molecular weight is 290 g/mol. The van der Waals surface area contributed by atoms with Crippen molar-refractivity contribution in [2.75, 3.05) is 11.9 Å². The number of aliphatic carboxylic acids is 1. The third kappa shape index (κ3) is 2.71. The first-order valence-electron chi connectivity index (χ1n) is 7.15. The van der Waals surface area contributed by atoms with Gasteiger partial charge in [0.05, 0.1) is 6.10 Å². The molecule has 3 rings (SSSR count). The molecule has 21 heavy (non-hydrogen) atoms. The summed E-state index contributed by atoms with van der Waals surface area (Å²) < 4.78 is 0. The number of nitrogens with zero attached hydrogens (tertiary/aromatic N) is 1. The zero-order valence-electron chi connectivity index (χ0n) is 11.6. The SMILES string of the molecule is O=C(O)[C@@H]1CC(O)CN1C(=O)Nc1ccc2c(c1)CCC2. The minimum Gasteiger partial charge on any atom is -0.480 e. The summed E-state index contributed by atoms with van der Waals surface area (Å²) in [7, 11) is 0. The normalized spacial score (nSPS) is 24.0. The highest BCUT2D eigenvalue weighted by Gasteiger charge is 2.39. The summed E-state index contributed by atoms with van der Waals surface area (Å²) in [4.78, 5) is 24.5. The van der Waals surface area contributed by atoms with E-state index in [9.17, 15) is 14.7 Å². The van der Waals surface area contributed by atoms with Crippen LogP contribution < -0.4 is 5.32 Å². The molecule has 6 heteroatoms. The van der Waals surface area contributed by atoms with E-state index >= 15 is 0 Å². The van der Waals surface area contributed by atoms with Crippen molar-refractivity contribution < 1.29 is 19.8 Å². The Kier molecular flexibility index (Phi) is 3.55. The third-order valence-electron chi connectivity index (χ3n) is 4.17. The molecule has 3 N–H and O–H groups in total. The summed E-state index contributed by atoms with van der Waals surface area (Å²) >= 11 is 0. The van der Waals surface area contributed by atoms with Gasteiger partial charge < -0.3 is 20.4 Å². The maximum absolute atomic E-state index is 12.2. The van der Waals surface area contributed by atoms with Gasteiger partial charge in [0.2, 0.25) is 0 Å². The molecule has 0 spiro atoms. The lowest BCUT2D eigenvalue weighted by Gasteiger charge is -2.21. The summed E-state index contributed by atoms with van der Waals surface area (Å²) in [6, 6.07) is 4.35. The van der Waals surface area contributed by atoms with Crippen LogP contribution in [0.15, 0.2) is 18.2 Å². The van der Waals surface area contributed by atoms with Crippen LogP contribution >= 0.6 is 0 Å². The van der Waals surface area contributed by atoms with Crippen molar-refractivity contribution in [1.29, 1.82) is 0 Å². The second-order valence-electron chi connectivity index (χ2n) is 5.66. The number of β-amino-alcohol motifs (C(OH)–C–C–N with tert-alkyl or cyclic N) is 1. The van der Waals surface area contributed by atoms with Gasteiger partial charge in [-0.05, 0) is 42.5 Å². The molecule has 1 aromatic rings. The van der Waals surface area contributed by atoms with Crippen molar-refractivity contribution in [3.05, 3.63) is 29.3 Å². The molecule has 1 heterocycles. The van der Waals surface area contributed by atoms with Crippen molar-refractivity contribution >= 4 is 17.7 Å². The predicted molar refractivity (Wildman–Crippen MR) is 76.2 cm³/mol. The van der Waals surface area contributed by atoms with Crippen LogP contribution in [0.2, 0.25) is 0 Å². The van der Waals surface area contributed by atoms with E-state index in [1.165, 1.54) is 16.0 Å². The van der Waals surface area contributed by atoms with Gasteiger partial charge in [0.25, 0.3) is 0 Å². The zero-order chi connectivity index (χ0) is 15.0. The fraction of sp³-hybridized carbons (Fsp3) is 0.467. The van der Waals surface area contributed by atoms with Gasteiger partial charge >= 0.3 is 12.0 Å². The summed E-state index contributed by atoms with van der Waals surface area (Å²) in [5, 5.41) is 21.4. The lowest BCUT2D eigenvalue weighted by Crippen LogP contribution is -2.43. The molecule has 6 nitrogen and oxygen atoms in total. The number of hydrogen-bond donors (Lipinski definition) is 3. The van der Waals surface area contributed by atoms with Crippen LogP contribution in [-0.4, -0.2) is 45.8 Å². The number of carboxylic acids is 1. The summed E-state index contributed by atoms with van der Waals surface area (Å²) in [6.45, 7) is 0.0493. The van der Waals surface area contributed by atoms with Crippen molar-refractivity contribution in [2.24, 2.45) is 0 Å². The predicted octanol–water partition coefficient (Wildman–Crippen LogP) is 1.23. The van der Waals surface area contributed by atoms with Gasteiger partial charge in [-0.15, -0.1) is 0 Å². The maximum Gasteiger partial charge on any atom is 0.326 e. The van der Waals surface area contributed by atoms with Gasteiger partial charge in [0.1, 0.15) is 6.04 Å². The molecule has 1 unspecified atom stereocenters. The smallest absolute Gasteiger partial charge is 0.326 e. The Morgan fingerprint density at radius 3 is 2.76 bits per heavy atom. The van der Waals surface area contributed by atoms with Crippen molar-refractivity contribution in [1.82, 2.24) is 4.90 Å². The molecule has 0 radical (unpaired) electrons. The second kappa shape index (κ2) is 5.37. The number of aliphatic hydroxyl groups is 1. The summed E-state index contributed by atoms with van der Waals surface area (Å²) in [5.41, 5.74) is 3.23. The van der Waals surface area contributed by atoms with E-state index in [4.69, 9.17) is 5.11 Å². The Morgan fingerprint density at radius 1 is 1.24 bits per heavy atom. The van der Waals surface area contributed by atoms with Crippen molar-refractivity contribution in [3.8, 4) is 0 Å². The Hall–Kier alpha value is -2.08. The van der Waals surface area contributed by atoms with E-state index in [1.807, 2.05) is 18.2 Å². The Morgan fingerprint density at radius 2 is 2.00 bits per heavy atom. The minimum absolute atomic E-state index is 0.0493. The van der Waals surface area contributed by atoms with E-state index in [0.717, 1.165) is 19.3 Å². The summed E-state index contributed by atoms with van der Waals surface area (Å²) in [6.07, 6.45) is 2.51. The fourth-order valence-electron chi connectivity index (χ4n) is 3.12. The number of fused-ring (bicyclic) bond motifs is 1. The van der Waals surface area contributed by atoms with E-state index < -0.39 is 24.1 Å². The van der Waals surface area contributed by atoms with Crippen LogP contribution in [0.5, 0.6) is 0 Å². The molecule has 0 saturated carbocycles. The first-order valence-corrected chi connectivity index (χ1v) is 7.15. The van der Waals surface area contributed by atoms with Crippen LogP contribution in [-0.2, 0) is 17.6 Å². The molecule has 1 saturated heterocycles. The molecule has 112 valence electrons. The van der Waals surface area contributed by atoms with Gasteiger partial charge in [-0.3, -0.25) is 0 Å². The van der Waals surface area contributed by atoms with Crippen LogP contribution in [0.25, 0.3) is 0 Å². The van der Waals surface area contributed by atoms with Crippen molar-refractivity contribution in [3.63, 3.8) is 0 Å². The number of carbonyl (C=O) groups is 2. The number of urea groups is 1. The average Bonchev–Trinajstić information content (AvgIpc) is 3.04. The quantitative estimate of drug-likeness (QED) is 0.764. The number of carboxylic acid groups (broad SMARTS) is 1. The number of nitrogens with one attached hydrogen (secondary N) is 1. The van der Waals surface area contributed by atoms with Gasteiger partial charge in [-0.25, -0.2) is 9.59 Å². The van der Waals surface area contributed by atoms with Gasteiger partial charge in [-0.2, -0.15) is 0 Å². The topological polar surface area (TPSA) is 89.9 Å². The number of hydrogen-bond acceptors (Lipinski definition) is 3. The molecular weight excluding hydrogens is 272 g/mol. The number of anilines is 1. The molecule has 2 aliphatic rings. The number of aliphatic hydroxyl groups excluding tert-OH is 1. The van der Waals surface area contributed by atoms with Gasteiger partial charge in [0, 0.05) is 18.7 Å². The third-order valence-corrected chi connectivity index (χ3v) is 4.17. The minimum atomic E-state index is -1.09. The van der Waals surface area contributed by atoms with E-state index in [-0.39, 0.29) is 13.0 Å². The van der Waals surface area contributed by atoms with Crippen LogP contribution in [0.3, 0.4) is 0 Å². The van der Waals surface area contributed by atoms with Crippen LogP contribution in [0, 0.1) is 0 Å². The molecular formula is C15H18N2O4. The Labute approximate surface area is 122 Å². The highest BCUT2D eigenvalue weighted by atomic mass is 16.4. The van der Waals surface area contributed by atoms with Gasteiger partial charge in [-0.1, -0.05) is 6.07 Å². The number of benzene rings is 1. The summed E-state index contributed by atoms with van der Waals surface area (Å²) in [5.74, 6) is -1.09. The lowest BCUT2D eigenvalue weighted by molar-refractivity contribution is -0.141. The number of rotatable bonds is 2. The molecule has 0 bridgehead atoms. The molecule has 2 atom stereocenters. The zero-order valence-corrected chi connectivity index (χ0v) is 11.6. The van der Waals surface area contributed by atoms with Crippen LogP contribution in [0.4, 0.5) is 10.5 Å². The maximum atomic E-state index is 12.2. The van der Waals surface area contributed by atoms with Crippen LogP contribution in [0.1, 0.15) is 24.0 Å². The van der Waals surface area contributed by atoms with E-state index in [0.29, 0.717) is 5.69 Å². The first kappa shape index (κ1) is 13.9. The Balaban J connectivity index is 1.72. The highest BCUT2D eigenvalue weighted by molar-refractivity contribution is 5.93. The molecule has 1 aliphatic carbocycles. The second-order valence-corrected chi connectivity index (χ2v) is 5.66. The van der Waals surface area contributed by atoms with Gasteiger partial charge in [0.15, 0.2) is 0 Å². The largest absolute Gasteiger partial charge is 0.480 e. The number of carbonyl (C=O) groups excluding carboxylic acids is 1.